The summed E-state index contributed by atoms with van der Waals surface area (Å²) in [5, 5.41) is 5.50. The second-order valence-corrected chi connectivity index (χ2v) is 12.3. The average Bonchev–Trinajstić information content (AvgIpc) is 3.69. The van der Waals surface area contributed by atoms with E-state index in [1.807, 2.05) is 65.0 Å². The van der Waals surface area contributed by atoms with Crippen LogP contribution in [0.15, 0.2) is 42.5 Å². The fourth-order valence-corrected chi connectivity index (χ4v) is 4.69. The number of rotatable bonds is 6. The molecular formula is C31H44N2O7. The van der Waals surface area contributed by atoms with Gasteiger partial charge in [0.2, 0.25) is 11.8 Å². The first kappa shape index (κ1) is 31.3. The lowest BCUT2D eigenvalue weighted by Gasteiger charge is -2.30. The van der Waals surface area contributed by atoms with E-state index in [2.05, 4.69) is 10.6 Å². The topological polar surface area (TPSA) is 123 Å². The second-order valence-electron chi connectivity index (χ2n) is 12.3. The van der Waals surface area contributed by atoms with E-state index in [1.54, 1.807) is 19.9 Å². The van der Waals surface area contributed by atoms with Gasteiger partial charge in [0.1, 0.15) is 18.2 Å². The van der Waals surface area contributed by atoms with Gasteiger partial charge in [0.15, 0.2) is 6.10 Å². The lowest BCUT2D eigenvalue weighted by atomic mass is 9.92. The molecule has 1 saturated heterocycles. The van der Waals surface area contributed by atoms with Crippen LogP contribution in [0.25, 0.3) is 0 Å². The van der Waals surface area contributed by atoms with Gasteiger partial charge in [0.25, 0.3) is 0 Å². The van der Waals surface area contributed by atoms with Crippen molar-refractivity contribution in [3.05, 3.63) is 48.0 Å². The van der Waals surface area contributed by atoms with Crippen LogP contribution in [0.5, 0.6) is 0 Å². The molecule has 2 amide bonds. The van der Waals surface area contributed by atoms with Crippen LogP contribution in [-0.2, 0) is 33.4 Å². The molecule has 2 aliphatic rings. The third-order valence-electron chi connectivity index (χ3n) is 7.37. The van der Waals surface area contributed by atoms with Crippen molar-refractivity contribution < 1.29 is 33.4 Å². The smallest absolute Gasteiger partial charge is 0.347 e. The Morgan fingerprint density at radius 2 is 1.65 bits per heavy atom. The van der Waals surface area contributed by atoms with E-state index < -0.39 is 47.4 Å². The maximum absolute atomic E-state index is 13.4. The maximum Gasteiger partial charge on any atom is 0.347 e. The molecule has 1 unspecified atom stereocenters. The lowest BCUT2D eigenvalue weighted by molar-refractivity contribution is -0.179. The van der Waals surface area contributed by atoms with Gasteiger partial charge in [-0.2, -0.15) is 0 Å². The normalized spacial score (nSPS) is 29.7. The van der Waals surface area contributed by atoms with Gasteiger partial charge < -0.3 is 24.8 Å². The number of esters is 2. The second kappa shape index (κ2) is 13.4. The summed E-state index contributed by atoms with van der Waals surface area (Å²) in [6.45, 7) is 12.7. The van der Waals surface area contributed by atoms with Crippen LogP contribution in [0.1, 0.15) is 73.0 Å². The minimum Gasteiger partial charge on any atom is -0.459 e. The summed E-state index contributed by atoms with van der Waals surface area (Å²) in [5.74, 6) is -2.42. The number of benzene rings is 1. The molecule has 0 saturated carbocycles. The van der Waals surface area contributed by atoms with E-state index in [0.29, 0.717) is 0 Å². The zero-order valence-corrected chi connectivity index (χ0v) is 24.6. The van der Waals surface area contributed by atoms with Crippen molar-refractivity contribution in [3.63, 3.8) is 0 Å². The van der Waals surface area contributed by atoms with E-state index in [0.717, 1.165) is 5.56 Å². The highest BCUT2D eigenvalue weighted by molar-refractivity contribution is 5.93. The summed E-state index contributed by atoms with van der Waals surface area (Å²) in [5.41, 5.74) is -0.0776. The minimum atomic E-state index is -1.12. The van der Waals surface area contributed by atoms with Gasteiger partial charge in [-0.15, -0.1) is 0 Å². The fourth-order valence-electron chi connectivity index (χ4n) is 4.69. The van der Waals surface area contributed by atoms with Crippen molar-refractivity contribution in [1.29, 1.82) is 0 Å². The van der Waals surface area contributed by atoms with E-state index in [1.165, 1.54) is 6.08 Å². The Balaban J connectivity index is 1.89. The van der Waals surface area contributed by atoms with E-state index in [9.17, 15) is 19.2 Å². The third kappa shape index (κ3) is 8.40. The largest absolute Gasteiger partial charge is 0.459 e. The van der Waals surface area contributed by atoms with Crippen LogP contribution >= 0.6 is 0 Å². The number of hydrogen-bond acceptors (Lipinski definition) is 7. The molecule has 1 fully saturated rings. The van der Waals surface area contributed by atoms with Crippen molar-refractivity contribution in [2.45, 2.75) is 91.8 Å². The van der Waals surface area contributed by atoms with Crippen LogP contribution in [0.4, 0.5) is 0 Å². The molecule has 40 heavy (non-hydrogen) atoms. The van der Waals surface area contributed by atoms with Crippen molar-refractivity contribution in [2.24, 2.45) is 23.2 Å². The van der Waals surface area contributed by atoms with Gasteiger partial charge in [-0.3, -0.25) is 14.4 Å². The third-order valence-corrected chi connectivity index (χ3v) is 7.37. The molecule has 0 aromatic heterocycles. The molecule has 0 spiro atoms. The first-order valence-electron chi connectivity index (χ1n) is 14.2. The molecule has 1 aromatic rings. The Bertz CT molecular complexity index is 1080. The average molecular weight is 557 g/mol. The highest BCUT2D eigenvalue weighted by atomic mass is 16.6. The van der Waals surface area contributed by atoms with Gasteiger partial charge in [-0.25, -0.2) is 4.79 Å². The van der Waals surface area contributed by atoms with Crippen LogP contribution < -0.4 is 10.6 Å². The molecule has 0 radical (unpaired) electrons. The minimum absolute atomic E-state index is 0.0252. The number of ether oxygens (including phenoxy) is 3. The number of epoxide rings is 1. The summed E-state index contributed by atoms with van der Waals surface area (Å²) in [7, 11) is 0. The monoisotopic (exact) mass is 556 g/mol. The zero-order chi connectivity index (χ0) is 29.6. The predicted molar refractivity (Wildman–Crippen MR) is 150 cm³/mol. The summed E-state index contributed by atoms with van der Waals surface area (Å²) in [6.07, 6.45) is 1.50. The molecule has 9 nitrogen and oxygen atoms in total. The summed E-state index contributed by atoms with van der Waals surface area (Å²) in [6, 6.07) is 9.04. The molecule has 6 atom stereocenters. The number of carbonyl (C=O) groups is 4. The number of nitrogens with one attached hydrogen (secondary N) is 2. The van der Waals surface area contributed by atoms with Gasteiger partial charge in [0, 0.05) is 18.9 Å². The molecule has 1 aromatic carbocycles. The standard InChI is InChI=1S/C31H44N2O7/c1-18(2)16-23-29(36)38-22(20(5)26-27(40-26)21-12-9-8-10-13-21)14-11-15-24(34)33-25(19(3)4)28(35)32-17-31(6,7)30(37)39-23/h8-13,15,18-20,22-23,25-27H,14,16-17H2,1-7H3,(H,32,35)(H,33,34)/b15-11+/t20-,22-,23?,25+,26+,27+/m0/s1. The Morgan fingerprint density at radius 3 is 2.27 bits per heavy atom. The Morgan fingerprint density at radius 1 is 0.975 bits per heavy atom. The van der Waals surface area contributed by atoms with Gasteiger partial charge >= 0.3 is 11.9 Å². The van der Waals surface area contributed by atoms with Gasteiger partial charge in [-0.1, -0.05) is 71.0 Å². The van der Waals surface area contributed by atoms with Crippen molar-refractivity contribution in [3.8, 4) is 0 Å². The SMILES string of the molecule is CC(C)CC1OC(=O)C(C)(C)CNC(=O)[C@@H](C(C)C)NC(=O)/C=C/C[C@@H]([C@H](C)[C@H]2O[C@@H]2c2ccccc2)OC1=O. The van der Waals surface area contributed by atoms with E-state index in [4.69, 9.17) is 14.2 Å². The van der Waals surface area contributed by atoms with Gasteiger partial charge in [-0.05, 0) is 43.7 Å². The van der Waals surface area contributed by atoms with Crippen LogP contribution in [-0.4, -0.2) is 54.7 Å². The molecule has 2 heterocycles. The summed E-state index contributed by atoms with van der Waals surface area (Å²) < 4.78 is 17.7. The zero-order valence-electron chi connectivity index (χ0n) is 24.6. The van der Waals surface area contributed by atoms with E-state index in [-0.39, 0.29) is 49.3 Å². The summed E-state index contributed by atoms with van der Waals surface area (Å²) in [4.78, 5) is 52.3. The lowest BCUT2D eigenvalue weighted by Crippen LogP contribution is -2.52. The van der Waals surface area contributed by atoms with Crippen molar-refractivity contribution >= 4 is 23.8 Å². The fraction of sp³-hybridized carbons (Fsp3) is 0.613. The van der Waals surface area contributed by atoms with Crippen molar-refractivity contribution in [2.75, 3.05) is 6.54 Å². The molecule has 2 aliphatic heterocycles. The van der Waals surface area contributed by atoms with Crippen LogP contribution in [0.2, 0.25) is 0 Å². The number of carbonyl (C=O) groups excluding carboxylic acids is 4. The highest BCUT2D eigenvalue weighted by Gasteiger charge is 2.48. The number of cyclic esters (lactones) is 2. The van der Waals surface area contributed by atoms with E-state index >= 15 is 0 Å². The molecule has 220 valence electrons. The molecule has 0 aliphatic carbocycles. The molecular weight excluding hydrogens is 512 g/mol. The highest BCUT2D eigenvalue weighted by Crippen LogP contribution is 2.45. The molecule has 3 rings (SSSR count). The van der Waals surface area contributed by atoms with Gasteiger partial charge in [0.05, 0.1) is 11.5 Å². The quantitative estimate of drug-likeness (QED) is 0.403. The van der Waals surface area contributed by atoms with Crippen LogP contribution in [0, 0.1) is 23.2 Å². The first-order chi connectivity index (χ1) is 18.8. The predicted octanol–water partition coefficient (Wildman–Crippen LogP) is 3.88. The molecule has 0 bridgehead atoms. The molecule has 9 heteroatoms. The Kier molecular flexibility index (Phi) is 10.5. The molecule has 2 N–H and O–H groups in total. The Hall–Kier alpha value is -3.20. The first-order valence-corrected chi connectivity index (χ1v) is 14.2. The summed E-state index contributed by atoms with van der Waals surface area (Å²) >= 11 is 0. The number of hydrogen-bond donors (Lipinski definition) is 2. The number of amides is 2. The van der Waals surface area contributed by atoms with Crippen LogP contribution in [0.3, 0.4) is 0 Å². The van der Waals surface area contributed by atoms with Crippen molar-refractivity contribution in [1.82, 2.24) is 10.6 Å². The Labute approximate surface area is 237 Å². The maximum atomic E-state index is 13.4.